The lowest BCUT2D eigenvalue weighted by Crippen LogP contribution is -2.49. The zero-order valence-electron chi connectivity index (χ0n) is 20.7. The first-order valence-corrected chi connectivity index (χ1v) is 12.5. The molecular formula is C28H33N3O5. The highest BCUT2D eigenvalue weighted by molar-refractivity contribution is 6.08. The number of urea groups is 1. The normalized spacial score (nSPS) is 21.4. The van der Waals surface area contributed by atoms with E-state index >= 15 is 0 Å². The fourth-order valence-electron chi connectivity index (χ4n) is 4.83. The highest BCUT2D eigenvalue weighted by atomic mass is 16.5. The minimum atomic E-state index is -0.913. The highest BCUT2D eigenvalue weighted by Gasteiger charge is 2.52. The summed E-state index contributed by atoms with van der Waals surface area (Å²) in [7, 11) is 0. The van der Waals surface area contributed by atoms with E-state index < -0.39 is 30.7 Å². The van der Waals surface area contributed by atoms with E-state index in [1.807, 2.05) is 60.7 Å². The van der Waals surface area contributed by atoms with Gasteiger partial charge >= 0.3 is 12.0 Å². The van der Waals surface area contributed by atoms with Crippen molar-refractivity contribution in [3.63, 3.8) is 0 Å². The van der Waals surface area contributed by atoms with Crippen LogP contribution in [-0.4, -0.2) is 58.8 Å². The van der Waals surface area contributed by atoms with Gasteiger partial charge in [0.05, 0.1) is 0 Å². The fourth-order valence-corrected chi connectivity index (χ4v) is 4.83. The van der Waals surface area contributed by atoms with Gasteiger partial charge in [0.2, 0.25) is 0 Å². The molecule has 8 heteroatoms. The van der Waals surface area contributed by atoms with Crippen LogP contribution < -0.4 is 5.32 Å². The van der Waals surface area contributed by atoms with Crippen LogP contribution in [0.5, 0.6) is 0 Å². The van der Waals surface area contributed by atoms with E-state index in [1.54, 1.807) is 4.90 Å². The lowest BCUT2D eigenvalue weighted by atomic mass is 9.77. The summed E-state index contributed by atoms with van der Waals surface area (Å²) >= 11 is 0. The fraction of sp³-hybridized carbons (Fsp3) is 0.429. The van der Waals surface area contributed by atoms with Crippen LogP contribution in [-0.2, 0) is 32.1 Å². The van der Waals surface area contributed by atoms with E-state index in [0.717, 1.165) is 28.9 Å². The average Bonchev–Trinajstić information content (AvgIpc) is 3.12. The molecule has 4 rings (SSSR count). The maximum atomic E-state index is 13.0. The molecule has 36 heavy (non-hydrogen) atoms. The van der Waals surface area contributed by atoms with Crippen LogP contribution in [0.2, 0.25) is 0 Å². The smallest absolute Gasteiger partial charge is 0.326 e. The molecule has 1 aliphatic carbocycles. The zero-order valence-corrected chi connectivity index (χ0v) is 20.7. The van der Waals surface area contributed by atoms with Crippen LogP contribution in [0.4, 0.5) is 4.79 Å². The van der Waals surface area contributed by atoms with Gasteiger partial charge < -0.3 is 15.0 Å². The monoisotopic (exact) mass is 491 g/mol. The second kappa shape index (κ2) is 11.4. The standard InChI is InChI=1S/C28H33N3O5/c1-21-12-15-28(16-13-21)26(34)31(27(35)29-28)19-25(33)36-20-24(32)30(18-23-10-6-3-7-11-23)17-14-22-8-4-2-5-9-22/h2-11,21H,12-20H2,1H3,(H,29,35). The number of carbonyl (C=O) groups is 4. The lowest BCUT2D eigenvalue weighted by Gasteiger charge is -2.33. The van der Waals surface area contributed by atoms with Crippen molar-refractivity contribution in [3.8, 4) is 0 Å². The van der Waals surface area contributed by atoms with E-state index in [1.165, 1.54) is 0 Å². The van der Waals surface area contributed by atoms with Gasteiger partial charge in [-0.2, -0.15) is 0 Å². The number of carbonyl (C=O) groups excluding carboxylic acids is 4. The predicted octanol–water partition coefficient (Wildman–Crippen LogP) is 3.30. The first-order chi connectivity index (χ1) is 17.4. The van der Waals surface area contributed by atoms with Crippen molar-refractivity contribution < 1.29 is 23.9 Å². The number of imide groups is 1. The van der Waals surface area contributed by atoms with Gasteiger partial charge in [-0.1, -0.05) is 67.6 Å². The number of ether oxygens (including phenoxy) is 1. The average molecular weight is 492 g/mol. The molecule has 1 saturated carbocycles. The van der Waals surface area contributed by atoms with Crippen LogP contribution in [0.15, 0.2) is 60.7 Å². The molecule has 0 unspecified atom stereocenters. The summed E-state index contributed by atoms with van der Waals surface area (Å²) in [6, 6.07) is 18.9. The Balaban J connectivity index is 1.33. The Morgan fingerprint density at radius 3 is 2.25 bits per heavy atom. The van der Waals surface area contributed by atoms with Crippen molar-refractivity contribution >= 4 is 23.8 Å². The van der Waals surface area contributed by atoms with Crippen LogP contribution in [0, 0.1) is 5.92 Å². The molecular weight excluding hydrogens is 458 g/mol. The Morgan fingerprint density at radius 2 is 1.61 bits per heavy atom. The molecule has 8 nitrogen and oxygen atoms in total. The molecule has 1 heterocycles. The Bertz CT molecular complexity index is 1080. The lowest BCUT2D eigenvalue weighted by molar-refractivity contribution is -0.154. The number of hydrogen-bond acceptors (Lipinski definition) is 5. The van der Waals surface area contributed by atoms with E-state index in [0.29, 0.717) is 38.3 Å². The minimum Gasteiger partial charge on any atom is -0.454 e. The third-order valence-electron chi connectivity index (χ3n) is 7.10. The topological polar surface area (TPSA) is 96.0 Å². The van der Waals surface area contributed by atoms with Crippen molar-refractivity contribution in [2.45, 2.75) is 51.1 Å². The summed E-state index contributed by atoms with van der Waals surface area (Å²) in [6.07, 6.45) is 3.49. The molecule has 4 amide bonds. The molecule has 1 N–H and O–H groups in total. The summed E-state index contributed by atoms with van der Waals surface area (Å²) in [5.74, 6) is -0.990. The maximum Gasteiger partial charge on any atom is 0.326 e. The predicted molar refractivity (Wildman–Crippen MR) is 134 cm³/mol. The van der Waals surface area contributed by atoms with E-state index in [4.69, 9.17) is 4.74 Å². The van der Waals surface area contributed by atoms with Crippen LogP contribution in [0.25, 0.3) is 0 Å². The molecule has 0 atom stereocenters. The molecule has 2 aromatic carbocycles. The Kier molecular flexibility index (Phi) is 8.03. The molecule has 1 spiro atoms. The van der Waals surface area contributed by atoms with Crippen molar-refractivity contribution in [1.82, 2.24) is 15.1 Å². The van der Waals surface area contributed by atoms with Gasteiger partial charge in [-0.15, -0.1) is 0 Å². The Hall–Kier alpha value is -3.68. The van der Waals surface area contributed by atoms with Gasteiger partial charge in [0.25, 0.3) is 11.8 Å². The van der Waals surface area contributed by atoms with E-state index in [2.05, 4.69) is 12.2 Å². The quantitative estimate of drug-likeness (QED) is 0.429. The molecule has 190 valence electrons. The van der Waals surface area contributed by atoms with E-state index in [-0.39, 0.29) is 11.8 Å². The molecule has 1 saturated heterocycles. The largest absolute Gasteiger partial charge is 0.454 e. The molecule has 0 bridgehead atoms. The molecule has 2 fully saturated rings. The molecule has 0 aromatic heterocycles. The Morgan fingerprint density at radius 1 is 1.00 bits per heavy atom. The minimum absolute atomic E-state index is 0.335. The summed E-state index contributed by atoms with van der Waals surface area (Å²) in [6.45, 7) is 2.02. The van der Waals surface area contributed by atoms with Gasteiger partial charge in [-0.3, -0.25) is 19.3 Å². The first kappa shape index (κ1) is 25.4. The molecule has 2 aliphatic rings. The van der Waals surface area contributed by atoms with Gasteiger partial charge in [0.15, 0.2) is 6.61 Å². The summed E-state index contributed by atoms with van der Waals surface area (Å²) < 4.78 is 5.22. The maximum absolute atomic E-state index is 13.0. The third kappa shape index (κ3) is 6.11. The van der Waals surface area contributed by atoms with Crippen LogP contribution in [0.1, 0.15) is 43.7 Å². The van der Waals surface area contributed by atoms with Crippen molar-refractivity contribution in [1.29, 1.82) is 0 Å². The SMILES string of the molecule is CC1CCC2(CC1)NC(=O)N(CC(=O)OCC(=O)N(CCc1ccccc1)Cc1ccccc1)C2=O. The van der Waals surface area contributed by atoms with Gasteiger partial charge in [0, 0.05) is 13.1 Å². The highest BCUT2D eigenvalue weighted by Crippen LogP contribution is 2.36. The van der Waals surface area contributed by atoms with Crippen LogP contribution in [0.3, 0.4) is 0 Å². The number of rotatable bonds is 9. The number of nitrogens with zero attached hydrogens (tertiary/aromatic N) is 2. The van der Waals surface area contributed by atoms with E-state index in [9.17, 15) is 19.2 Å². The van der Waals surface area contributed by atoms with Crippen molar-refractivity contribution in [3.05, 3.63) is 71.8 Å². The van der Waals surface area contributed by atoms with Gasteiger partial charge in [0.1, 0.15) is 12.1 Å². The summed E-state index contributed by atoms with van der Waals surface area (Å²) in [4.78, 5) is 53.5. The molecule has 1 aliphatic heterocycles. The van der Waals surface area contributed by atoms with Crippen molar-refractivity contribution in [2.75, 3.05) is 19.7 Å². The zero-order chi connectivity index (χ0) is 25.5. The van der Waals surface area contributed by atoms with Gasteiger partial charge in [-0.25, -0.2) is 4.79 Å². The van der Waals surface area contributed by atoms with Gasteiger partial charge in [-0.05, 0) is 49.1 Å². The number of hydrogen-bond donors (Lipinski definition) is 1. The second-order valence-electron chi connectivity index (χ2n) is 9.78. The third-order valence-corrected chi connectivity index (χ3v) is 7.10. The number of amides is 4. The number of esters is 1. The molecule has 0 radical (unpaired) electrons. The first-order valence-electron chi connectivity index (χ1n) is 12.5. The number of benzene rings is 2. The molecule has 2 aromatic rings. The summed E-state index contributed by atoms with van der Waals surface area (Å²) in [5, 5.41) is 2.79. The summed E-state index contributed by atoms with van der Waals surface area (Å²) in [5.41, 5.74) is 1.16. The second-order valence-corrected chi connectivity index (χ2v) is 9.78. The van der Waals surface area contributed by atoms with Crippen LogP contribution >= 0.6 is 0 Å². The Labute approximate surface area is 211 Å². The number of nitrogens with one attached hydrogen (secondary N) is 1. The van der Waals surface area contributed by atoms with Crippen molar-refractivity contribution in [2.24, 2.45) is 5.92 Å².